The van der Waals surface area contributed by atoms with Gasteiger partial charge in [0.05, 0.1) is 19.8 Å². The van der Waals surface area contributed by atoms with Crippen LogP contribution in [0.2, 0.25) is 5.02 Å². The van der Waals surface area contributed by atoms with E-state index in [1.165, 1.54) is 0 Å². The fraction of sp³-hybridized carbons (Fsp3) is 0.500. The van der Waals surface area contributed by atoms with Crippen LogP contribution in [-0.2, 0) is 15.9 Å². The van der Waals surface area contributed by atoms with Gasteiger partial charge in [-0.2, -0.15) is 0 Å². The summed E-state index contributed by atoms with van der Waals surface area (Å²) < 4.78 is 16.9. The molecule has 32 heavy (non-hydrogen) atoms. The molecule has 0 radical (unpaired) electrons. The van der Waals surface area contributed by atoms with Gasteiger partial charge in [0.15, 0.2) is 0 Å². The molecule has 2 saturated heterocycles. The van der Waals surface area contributed by atoms with Gasteiger partial charge in [-0.1, -0.05) is 35.9 Å². The van der Waals surface area contributed by atoms with Gasteiger partial charge in [0.2, 0.25) is 0 Å². The van der Waals surface area contributed by atoms with E-state index in [-0.39, 0.29) is 0 Å². The molecule has 0 bridgehead atoms. The smallest absolute Gasteiger partial charge is 0.119 e. The molecule has 174 valence electrons. The fourth-order valence-corrected chi connectivity index (χ4v) is 4.32. The van der Waals surface area contributed by atoms with E-state index in [0.717, 1.165) is 36.5 Å². The van der Waals surface area contributed by atoms with Gasteiger partial charge < -0.3 is 34.6 Å². The molecule has 4 N–H and O–H groups in total. The molecule has 0 saturated carbocycles. The topological polar surface area (TPSA) is 109 Å². The third kappa shape index (κ3) is 5.26. The summed E-state index contributed by atoms with van der Waals surface area (Å²) in [6.07, 6.45) is -4.41. The van der Waals surface area contributed by atoms with Gasteiger partial charge >= 0.3 is 0 Å². The minimum absolute atomic E-state index is 0.443. The number of aliphatic hydroxyl groups excluding tert-OH is 4. The van der Waals surface area contributed by atoms with Crippen molar-refractivity contribution >= 4 is 11.6 Å². The van der Waals surface area contributed by atoms with Crippen molar-refractivity contribution in [2.45, 2.75) is 43.4 Å². The molecule has 2 aliphatic heterocycles. The van der Waals surface area contributed by atoms with E-state index in [2.05, 4.69) is 0 Å². The molecule has 2 aliphatic rings. The SMILES string of the molecule is OCC1O[C@@H](c2ccc(Cl)c(Cc3ccc(OCC4CCOC4)cc3)c2)[C@H](O)C(O)[C@@H]1O. The molecular formula is C24H29ClO7. The van der Waals surface area contributed by atoms with E-state index in [9.17, 15) is 20.4 Å². The summed E-state index contributed by atoms with van der Waals surface area (Å²) in [5.74, 6) is 1.25. The van der Waals surface area contributed by atoms with Crippen molar-refractivity contribution in [3.05, 3.63) is 64.2 Å². The molecule has 7 nitrogen and oxygen atoms in total. The third-order valence-electron chi connectivity index (χ3n) is 6.12. The Morgan fingerprint density at radius 2 is 1.78 bits per heavy atom. The van der Waals surface area contributed by atoms with Crippen molar-refractivity contribution in [2.75, 3.05) is 26.4 Å². The predicted octanol–water partition coefficient (Wildman–Crippen LogP) is 1.86. The van der Waals surface area contributed by atoms with Crippen LogP contribution >= 0.6 is 11.6 Å². The Morgan fingerprint density at radius 3 is 2.47 bits per heavy atom. The third-order valence-corrected chi connectivity index (χ3v) is 6.49. The van der Waals surface area contributed by atoms with Gasteiger partial charge in [-0.3, -0.25) is 0 Å². The predicted molar refractivity (Wildman–Crippen MR) is 118 cm³/mol. The zero-order valence-electron chi connectivity index (χ0n) is 17.6. The molecule has 0 amide bonds. The first-order valence-corrected chi connectivity index (χ1v) is 11.2. The van der Waals surface area contributed by atoms with Crippen LogP contribution in [0, 0.1) is 5.92 Å². The maximum absolute atomic E-state index is 10.4. The van der Waals surface area contributed by atoms with Crippen LogP contribution in [0.15, 0.2) is 42.5 Å². The van der Waals surface area contributed by atoms with Crippen molar-refractivity contribution in [1.82, 2.24) is 0 Å². The Balaban J connectivity index is 1.44. The summed E-state index contributed by atoms with van der Waals surface area (Å²) in [5.41, 5.74) is 2.48. The lowest BCUT2D eigenvalue weighted by Gasteiger charge is -2.40. The summed E-state index contributed by atoms with van der Waals surface area (Å²) in [7, 11) is 0. The number of hydrogen-bond acceptors (Lipinski definition) is 7. The van der Waals surface area contributed by atoms with Crippen LogP contribution in [0.4, 0.5) is 0 Å². The monoisotopic (exact) mass is 464 g/mol. The second-order valence-corrected chi connectivity index (χ2v) is 8.87. The molecule has 4 rings (SSSR count). The standard InChI is InChI=1S/C24H29ClO7/c25-19-6-3-16(24-23(29)22(28)21(27)20(11-26)32-24)10-17(19)9-14-1-4-18(5-2-14)31-13-15-7-8-30-12-15/h1-6,10,15,20-24,26-29H,7-9,11-13H2/t15?,20?,21-,22?,23-,24+/m1/s1. The van der Waals surface area contributed by atoms with E-state index >= 15 is 0 Å². The van der Waals surface area contributed by atoms with Gasteiger partial charge in [-0.25, -0.2) is 0 Å². The summed E-state index contributed by atoms with van der Waals surface area (Å²) in [6, 6.07) is 13.1. The zero-order chi connectivity index (χ0) is 22.7. The van der Waals surface area contributed by atoms with Gasteiger partial charge in [0.1, 0.15) is 36.3 Å². The van der Waals surface area contributed by atoms with Crippen molar-refractivity contribution in [3.63, 3.8) is 0 Å². The molecule has 0 spiro atoms. The van der Waals surface area contributed by atoms with E-state index < -0.39 is 37.1 Å². The molecule has 2 aromatic carbocycles. The first-order valence-electron chi connectivity index (χ1n) is 10.8. The number of halogens is 1. The Hall–Kier alpha value is -1.71. The number of benzene rings is 2. The largest absolute Gasteiger partial charge is 0.493 e. The second kappa shape index (κ2) is 10.5. The molecular weight excluding hydrogens is 436 g/mol. The second-order valence-electron chi connectivity index (χ2n) is 8.46. The van der Waals surface area contributed by atoms with E-state index in [1.54, 1.807) is 12.1 Å². The van der Waals surface area contributed by atoms with Crippen molar-refractivity contribution in [2.24, 2.45) is 5.92 Å². The highest BCUT2D eigenvalue weighted by atomic mass is 35.5. The summed E-state index contributed by atoms with van der Waals surface area (Å²) >= 11 is 6.41. The van der Waals surface area contributed by atoms with Crippen LogP contribution in [0.5, 0.6) is 5.75 Å². The van der Waals surface area contributed by atoms with Gasteiger partial charge in [-0.05, 0) is 47.7 Å². The summed E-state index contributed by atoms with van der Waals surface area (Å²) in [5, 5.41) is 40.5. The van der Waals surface area contributed by atoms with Crippen molar-refractivity contribution < 1.29 is 34.6 Å². The highest BCUT2D eigenvalue weighted by Gasteiger charge is 2.44. The van der Waals surface area contributed by atoms with Gasteiger partial charge in [-0.15, -0.1) is 0 Å². The Labute approximate surface area is 192 Å². The quantitative estimate of drug-likeness (QED) is 0.495. The maximum Gasteiger partial charge on any atom is 0.119 e. The minimum atomic E-state index is -1.42. The van der Waals surface area contributed by atoms with Crippen LogP contribution in [0.1, 0.15) is 29.2 Å². The average Bonchev–Trinajstić information content (AvgIpc) is 3.33. The fourth-order valence-electron chi connectivity index (χ4n) is 4.14. The van der Waals surface area contributed by atoms with Crippen molar-refractivity contribution in [3.8, 4) is 5.75 Å². The van der Waals surface area contributed by atoms with Crippen LogP contribution in [0.25, 0.3) is 0 Å². The lowest BCUT2D eigenvalue weighted by molar-refractivity contribution is -0.231. The van der Waals surface area contributed by atoms with Crippen LogP contribution in [-0.4, -0.2) is 71.3 Å². The molecule has 6 atom stereocenters. The first-order chi connectivity index (χ1) is 15.5. The molecule has 3 unspecified atom stereocenters. The molecule has 8 heteroatoms. The first kappa shape index (κ1) is 23.4. The molecule has 0 aliphatic carbocycles. The molecule has 2 aromatic rings. The van der Waals surface area contributed by atoms with E-state index in [1.807, 2.05) is 30.3 Å². The minimum Gasteiger partial charge on any atom is -0.493 e. The van der Waals surface area contributed by atoms with Crippen LogP contribution < -0.4 is 4.74 Å². The Kier molecular flexibility index (Phi) is 7.68. The van der Waals surface area contributed by atoms with E-state index in [4.69, 9.17) is 25.8 Å². The average molecular weight is 465 g/mol. The lowest BCUT2D eigenvalue weighted by atomic mass is 9.90. The number of aliphatic hydroxyl groups is 4. The number of ether oxygens (including phenoxy) is 3. The number of rotatable bonds is 7. The molecule has 2 fully saturated rings. The Bertz CT molecular complexity index is 882. The van der Waals surface area contributed by atoms with E-state index in [0.29, 0.717) is 29.5 Å². The lowest BCUT2D eigenvalue weighted by Crippen LogP contribution is -2.55. The van der Waals surface area contributed by atoms with Crippen molar-refractivity contribution in [1.29, 1.82) is 0 Å². The number of hydrogen-bond donors (Lipinski definition) is 4. The van der Waals surface area contributed by atoms with Gasteiger partial charge in [0, 0.05) is 17.5 Å². The highest BCUT2D eigenvalue weighted by Crippen LogP contribution is 2.34. The molecule has 0 aromatic heterocycles. The normalized spacial score (nSPS) is 30.4. The molecule has 2 heterocycles. The van der Waals surface area contributed by atoms with Gasteiger partial charge in [0.25, 0.3) is 0 Å². The zero-order valence-corrected chi connectivity index (χ0v) is 18.4. The Morgan fingerprint density at radius 1 is 1.00 bits per heavy atom. The highest BCUT2D eigenvalue weighted by molar-refractivity contribution is 6.31. The summed E-state index contributed by atoms with van der Waals surface area (Å²) in [4.78, 5) is 0. The maximum atomic E-state index is 10.4. The summed E-state index contributed by atoms with van der Waals surface area (Å²) in [6.45, 7) is 1.73. The van der Waals surface area contributed by atoms with Crippen LogP contribution in [0.3, 0.4) is 0 Å².